The molecule has 5 heteroatoms. The Bertz CT molecular complexity index is 434. The smallest absolute Gasteiger partial charge is 0.307 e. The standard InChI is InChI=1S/C16H24N2O3/c1-3-5-9-15(19)18(12-10-16(20)21-4-2)13-14-8-6-7-11-17-14/h6-8,11H,3-5,9-10,12-13H2,1-2H3. The van der Waals surface area contributed by atoms with Crippen LogP contribution in [0.2, 0.25) is 0 Å². The number of nitrogens with zero attached hydrogens (tertiary/aromatic N) is 2. The minimum Gasteiger partial charge on any atom is -0.466 e. The molecule has 0 bridgehead atoms. The summed E-state index contributed by atoms with van der Waals surface area (Å²) >= 11 is 0. The normalized spacial score (nSPS) is 10.2. The summed E-state index contributed by atoms with van der Waals surface area (Å²) in [6.45, 7) is 4.99. The second-order valence-electron chi connectivity index (χ2n) is 4.79. The Balaban J connectivity index is 2.61. The number of hydrogen-bond acceptors (Lipinski definition) is 4. The van der Waals surface area contributed by atoms with E-state index in [-0.39, 0.29) is 18.3 Å². The Hall–Kier alpha value is -1.91. The third-order valence-corrected chi connectivity index (χ3v) is 3.07. The monoisotopic (exact) mass is 292 g/mol. The Labute approximate surface area is 126 Å². The van der Waals surface area contributed by atoms with E-state index in [9.17, 15) is 9.59 Å². The number of ether oxygens (including phenoxy) is 1. The van der Waals surface area contributed by atoms with Crippen LogP contribution >= 0.6 is 0 Å². The first kappa shape index (κ1) is 17.1. The number of aromatic nitrogens is 1. The summed E-state index contributed by atoms with van der Waals surface area (Å²) in [5.41, 5.74) is 0.825. The zero-order valence-electron chi connectivity index (χ0n) is 12.9. The van der Waals surface area contributed by atoms with Crippen molar-refractivity contribution < 1.29 is 14.3 Å². The van der Waals surface area contributed by atoms with Crippen molar-refractivity contribution in [2.75, 3.05) is 13.2 Å². The summed E-state index contributed by atoms with van der Waals surface area (Å²) in [7, 11) is 0. The lowest BCUT2D eigenvalue weighted by atomic mass is 10.2. The number of pyridine rings is 1. The average molecular weight is 292 g/mol. The second kappa shape index (κ2) is 9.91. The van der Waals surface area contributed by atoms with Crippen molar-refractivity contribution in [3.05, 3.63) is 30.1 Å². The van der Waals surface area contributed by atoms with Crippen LogP contribution in [0.5, 0.6) is 0 Å². The fourth-order valence-corrected chi connectivity index (χ4v) is 1.92. The number of hydrogen-bond donors (Lipinski definition) is 0. The first-order chi connectivity index (χ1) is 10.2. The van der Waals surface area contributed by atoms with E-state index < -0.39 is 0 Å². The van der Waals surface area contributed by atoms with Gasteiger partial charge in [-0.2, -0.15) is 0 Å². The molecule has 1 amide bonds. The van der Waals surface area contributed by atoms with Gasteiger partial charge in [0.2, 0.25) is 5.91 Å². The van der Waals surface area contributed by atoms with E-state index in [1.807, 2.05) is 18.2 Å². The van der Waals surface area contributed by atoms with Crippen molar-refractivity contribution in [3.8, 4) is 0 Å². The summed E-state index contributed by atoms with van der Waals surface area (Å²) in [6.07, 6.45) is 4.26. The number of esters is 1. The molecule has 1 aromatic heterocycles. The van der Waals surface area contributed by atoms with Gasteiger partial charge in [-0.3, -0.25) is 14.6 Å². The van der Waals surface area contributed by atoms with Gasteiger partial charge in [0, 0.05) is 19.2 Å². The summed E-state index contributed by atoms with van der Waals surface area (Å²) in [5.74, 6) is -0.210. The molecule has 5 nitrogen and oxygen atoms in total. The molecule has 1 rings (SSSR count). The first-order valence-electron chi connectivity index (χ1n) is 7.50. The van der Waals surface area contributed by atoms with E-state index in [1.165, 1.54) is 0 Å². The quantitative estimate of drug-likeness (QED) is 0.656. The molecule has 0 aromatic carbocycles. The summed E-state index contributed by atoms with van der Waals surface area (Å²) in [4.78, 5) is 29.6. The predicted octanol–water partition coefficient (Wildman–Crippen LogP) is 2.55. The molecular formula is C16H24N2O3. The van der Waals surface area contributed by atoms with Gasteiger partial charge >= 0.3 is 5.97 Å². The van der Waals surface area contributed by atoms with Crippen LogP contribution in [0.3, 0.4) is 0 Å². The molecule has 0 unspecified atom stereocenters. The van der Waals surface area contributed by atoms with Crippen molar-refractivity contribution in [2.24, 2.45) is 0 Å². The third-order valence-electron chi connectivity index (χ3n) is 3.07. The van der Waals surface area contributed by atoms with Crippen LogP contribution in [0.1, 0.15) is 45.2 Å². The van der Waals surface area contributed by atoms with Gasteiger partial charge in [0.1, 0.15) is 0 Å². The predicted molar refractivity (Wildman–Crippen MR) is 80.4 cm³/mol. The van der Waals surface area contributed by atoms with Crippen LogP contribution in [0, 0.1) is 0 Å². The van der Waals surface area contributed by atoms with Crippen LogP contribution in [0.25, 0.3) is 0 Å². The minimum atomic E-state index is -0.271. The highest BCUT2D eigenvalue weighted by molar-refractivity contribution is 5.77. The van der Waals surface area contributed by atoms with Gasteiger partial charge in [-0.05, 0) is 25.5 Å². The molecule has 116 valence electrons. The van der Waals surface area contributed by atoms with Gasteiger partial charge < -0.3 is 9.64 Å². The number of unbranched alkanes of at least 4 members (excludes halogenated alkanes) is 1. The maximum absolute atomic E-state index is 12.2. The van der Waals surface area contributed by atoms with Crippen LogP contribution < -0.4 is 0 Å². The fourth-order valence-electron chi connectivity index (χ4n) is 1.92. The molecule has 1 aromatic rings. The fraction of sp³-hybridized carbons (Fsp3) is 0.562. The lowest BCUT2D eigenvalue weighted by Gasteiger charge is -2.22. The SMILES string of the molecule is CCCCC(=O)N(CCC(=O)OCC)Cc1ccccn1. The van der Waals surface area contributed by atoms with Gasteiger partial charge in [0.05, 0.1) is 25.3 Å². The number of amides is 1. The van der Waals surface area contributed by atoms with Crippen molar-refractivity contribution in [3.63, 3.8) is 0 Å². The number of carbonyl (C=O) groups excluding carboxylic acids is 2. The molecule has 0 aliphatic carbocycles. The van der Waals surface area contributed by atoms with Crippen molar-refractivity contribution in [1.29, 1.82) is 0 Å². The largest absolute Gasteiger partial charge is 0.466 e. The van der Waals surface area contributed by atoms with E-state index in [0.717, 1.165) is 18.5 Å². The van der Waals surface area contributed by atoms with Crippen LogP contribution in [-0.2, 0) is 20.9 Å². The lowest BCUT2D eigenvalue weighted by molar-refractivity contribution is -0.144. The van der Waals surface area contributed by atoms with E-state index in [4.69, 9.17) is 4.74 Å². The second-order valence-corrected chi connectivity index (χ2v) is 4.79. The maximum atomic E-state index is 12.2. The molecule has 21 heavy (non-hydrogen) atoms. The molecule has 0 aliphatic rings. The summed E-state index contributed by atoms with van der Waals surface area (Å²) < 4.78 is 4.91. The molecule has 0 atom stereocenters. The van der Waals surface area contributed by atoms with E-state index in [2.05, 4.69) is 11.9 Å². The zero-order chi connectivity index (χ0) is 15.5. The lowest BCUT2D eigenvalue weighted by Crippen LogP contribution is -2.33. The van der Waals surface area contributed by atoms with Crippen molar-refractivity contribution in [2.45, 2.75) is 46.1 Å². The van der Waals surface area contributed by atoms with Gasteiger partial charge in [0.25, 0.3) is 0 Å². The maximum Gasteiger partial charge on any atom is 0.307 e. The van der Waals surface area contributed by atoms with E-state index in [0.29, 0.717) is 26.1 Å². The average Bonchev–Trinajstić information content (AvgIpc) is 2.50. The minimum absolute atomic E-state index is 0.0619. The van der Waals surface area contributed by atoms with E-state index >= 15 is 0 Å². The Morgan fingerprint density at radius 2 is 2.05 bits per heavy atom. The van der Waals surface area contributed by atoms with Gasteiger partial charge in [-0.15, -0.1) is 0 Å². The van der Waals surface area contributed by atoms with Crippen molar-refractivity contribution >= 4 is 11.9 Å². The van der Waals surface area contributed by atoms with Crippen LogP contribution in [-0.4, -0.2) is 34.9 Å². The molecule has 0 fully saturated rings. The van der Waals surface area contributed by atoms with Gasteiger partial charge in [-0.25, -0.2) is 0 Å². The molecule has 0 radical (unpaired) electrons. The Morgan fingerprint density at radius 1 is 1.24 bits per heavy atom. The molecular weight excluding hydrogens is 268 g/mol. The third kappa shape index (κ3) is 6.88. The number of rotatable bonds is 9. The van der Waals surface area contributed by atoms with Gasteiger partial charge in [-0.1, -0.05) is 19.4 Å². The van der Waals surface area contributed by atoms with Crippen molar-refractivity contribution in [1.82, 2.24) is 9.88 Å². The highest BCUT2D eigenvalue weighted by Gasteiger charge is 2.15. The van der Waals surface area contributed by atoms with Crippen LogP contribution in [0.15, 0.2) is 24.4 Å². The Morgan fingerprint density at radius 3 is 2.67 bits per heavy atom. The molecule has 0 spiro atoms. The first-order valence-corrected chi connectivity index (χ1v) is 7.50. The summed E-state index contributed by atoms with van der Waals surface area (Å²) in [5, 5.41) is 0. The van der Waals surface area contributed by atoms with E-state index in [1.54, 1.807) is 18.0 Å². The molecule has 1 heterocycles. The molecule has 0 saturated carbocycles. The summed E-state index contributed by atoms with van der Waals surface area (Å²) in [6, 6.07) is 5.61. The van der Waals surface area contributed by atoms with Gasteiger partial charge in [0.15, 0.2) is 0 Å². The zero-order valence-corrected chi connectivity index (χ0v) is 12.9. The topological polar surface area (TPSA) is 59.5 Å². The number of carbonyl (C=O) groups is 2. The molecule has 0 saturated heterocycles. The highest BCUT2D eigenvalue weighted by atomic mass is 16.5. The van der Waals surface area contributed by atoms with Crippen LogP contribution in [0.4, 0.5) is 0 Å². The molecule has 0 aliphatic heterocycles. The highest BCUT2D eigenvalue weighted by Crippen LogP contribution is 2.07. The molecule has 0 N–H and O–H groups in total. The Kier molecular flexibility index (Phi) is 8.09.